The number of hydrogen-bond donors (Lipinski definition) is 0. The van der Waals surface area contributed by atoms with Crippen LogP contribution >= 0.6 is 0 Å². The number of para-hydroxylation sites is 1. The topological polar surface area (TPSA) is 68.8 Å². The summed E-state index contributed by atoms with van der Waals surface area (Å²) in [4.78, 5) is 12.3. The predicted molar refractivity (Wildman–Crippen MR) is 71.3 cm³/mol. The molecule has 1 aliphatic heterocycles. The van der Waals surface area contributed by atoms with E-state index in [9.17, 15) is 4.79 Å². The fraction of sp³-hybridized carbons (Fsp3) is 0.143. The monoisotopic (exact) mass is 268 g/mol. The van der Waals surface area contributed by atoms with Crippen molar-refractivity contribution in [2.45, 2.75) is 6.04 Å². The van der Waals surface area contributed by atoms with Crippen LogP contribution in [0.2, 0.25) is 0 Å². The highest BCUT2D eigenvalue weighted by Crippen LogP contribution is 2.27. The van der Waals surface area contributed by atoms with Crippen LogP contribution in [0.3, 0.4) is 0 Å². The molecule has 6 heteroatoms. The normalized spacial score (nSPS) is 17.9. The molecule has 1 unspecified atom stereocenters. The zero-order valence-corrected chi connectivity index (χ0v) is 10.8. The molecular formula is C14H12N4O2. The van der Waals surface area contributed by atoms with Gasteiger partial charge < -0.3 is 4.74 Å². The highest BCUT2D eigenvalue weighted by Gasteiger charge is 2.30. The van der Waals surface area contributed by atoms with Gasteiger partial charge in [0.25, 0.3) is 0 Å². The van der Waals surface area contributed by atoms with E-state index in [0.717, 1.165) is 5.69 Å². The van der Waals surface area contributed by atoms with E-state index in [2.05, 4.69) is 15.3 Å². The van der Waals surface area contributed by atoms with Gasteiger partial charge in [-0.25, -0.2) is 4.68 Å². The van der Waals surface area contributed by atoms with Gasteiger partial charge in [0.05, 0.1) is 24.7 Å². The number of rotatable bonds is 3. The standard InChI is InChI=1S/C14H12N4O2/c1-20-12-9-15-17-13(14(12)19)11-7-8-16-18(11)10-5-3-2-4-6-10/h2-9,13H,1H3. The minimum Gasteiger partial charge on any atom is -0.491 e. The van der Waals surface area contributed by atoms with Gasteiger partial charge in [0.1, 0.15) is 0 Å². The molecule has 0 aliphatic carbocycles. The van der Waals surface area contributed by atoms with Gasteiger partial charge in [-0.3, -0.25) is 4.79 Å². The van der Waals surface area contributed by atoms with Crippen molar-refractivity contribution in [2.75, 3.05) is 7.11 Å². The molecule has 1 aliphatic rings. The van der Waals surface area contributed by atoms with E-state index in [1.54, 1.807) is 16.9 Å². The molecule has 0 radical (unpaired) electrons. The molecule has 0 fully saturated rings. The van der Waals surface area contributed by atoms with Crippen LogP contribution in [0, 0.1) is 0 Å². The molecule has 0 bridgehead atoms. The smallest absolute Gasteiger partial charge is 0.231 e. The quantitative estimate of drug-likeness (QED) is 0.858. The van der Waals surface area contributed by atoms with E-state index >= 15 is 0 Å². The van der Waals surface area contributed by atoms with Gasteiger partial charge in [-0.2, -0.15) is 15.3 Å². The Morgan fingerprint density at radius 3 is 2.75 bits per heavy atom. The molecule has 1 atom stereocenters. The molecule has 1 aromatic heterocycles. The molecule has 1 aromatic carbocycles. The van der Waals surface area contributed by atoms with Crippen LogP contribution < -0.4 is 0 Å². The maximum Gasteiger partial charge on any atom is 0.231 e. The number of carbonyl (C=O) groups excluding carboxylic acids is 1. The number of ketones is 1. The number of nitrogens with zero attached hydrogens (tertiary/aromatic N) is 4. The fourth-order valence-corrected chi connectivity index (χ4v) is 2.06. The van der Waals surface area contributed by atoms with E-state index in [0.29, 0.717) is 5.69 Å². The number of aromatic nitrogens is 2. The summed E-state index contributed by atoms with van der Waals surface area (Å²) in [5.41, 5.74) is 1.52. The van der Waals surface area contributed by atoms with Crippen molar-refractivity contribution in [1.29, 1.82) is 0 Å². The Labute approximate surface area is 115 Å². The largest absolute Gasteiger partial charge is 0.491 e. The van der Waals surface area contributed by atoms with Crippen molar-refractivity contribution in [3.05, 3.63) is 60.2 Å². The maximum absolute atomic E-state index is 12.3. The van der Waals surface area contributed by atoms with Crippen molar-refractivity contribution < 1.29 is 9.53 Å². The van der Waals surface area contributed by atoms with Gasteiger partial charge in [-0.1, -0.05) is 18.2 Å². The zero-order chi connectivity index (χ0) is 13.9. The van der Waals surface area contributed by atoms with Crippen molar-refractivity contribution in [1.82, 2.24) is 9.78 Å². The van der Waals surface area contributed by atoms with Gasteiger partial charge >= 0.3 is 0 Å². The average molecular weight is 268 g/mol. The van der Waals surface area contributed by atoms with Crippen LogP contribution in [0.15, 0.2) is 64.8 Å². The molecule has 0 N–H and O–H groups in total. The molecular weight excluding hydrogens is 256 g/mol. The first-order chi connectivity index (χ1) is 9.81. The van der Waals surface area contributed by atoms with Crippen molar-refractivity contribution in [2.24, 2.45) is 10.2 Å². The molecule has 2 heterocycles. The molecule has 0 spiro atoms. The lowest BCUT2D eigenvalue weighted by atomic mass is 10.1. The summed E-state index contributed by atoms with van der Waals surface area (Å²) in [6.45, 7) is 0. The van der Waals surface area contributed by atoms with Gasteiger partial charge in [-0.15, -0.1) is 0 Å². The SMILES string of the molecule is COC1=CN=NC(c2ccnn2-c2ccccc2)C1=O. The Hall–Kier alpha value is -2.76. The third-order valence-electron chi connectivity index (χ3n) is 3.02. The molecule has 6 nitrogen and oxygen atoms in total. The van der Waals surface area contributed by atoms with Crippen molar-refractivity contribution in [3.63, 3.8) is 0 Å². The van der Waals surface area contributed by atoms with E-state index in [1.807, 2.05) is 30.3 Å². The lowest BCUT2D eigenvalue weighted by Gasteiger charge is -2.16. The summed E-state index contributed by atoms with van der Waals surface area (Å²) in [5.74, 6) is -0.0222. The average Bonchev–Trinajstić information content (AvgIpc) is 2.97. The molecule has 2 aromatic rings. The van der Waals surface area contributed by atoms with Crippen molar-refractivity contribution in [3.8, 4) is 5.69 Å². The molecule has 0 saturated heterocycles. The molecule has 20 heavy (non-hydrogen) atoms. The summed E-state index contributed by atoms with van der Waals surface area (Å²) in [6.07, 6.45) is 2.96. The van der Waals surface area contributed by atoms with Crippen molar-refractivity contribution >= 4 is 5.78 Å². The molecule has 0 amide bonds. The Kier molecular flexibility index (Phi) is 3.12. The number of Topliss-reactive ketones (excluding diaryl/α,β-unsaturated/α-hetero) is 1. The van der Waals surface area contributed by atoms with E-state index in [4.69, 9.17) is 4.74 Å². The Bertz CT molecular complexity index is 688. The zero-order valence-electron chi connectivity index (χ0n) is 10.8. The second-order valence-electron chi connectivity index (χ2n) is 4.20. The number of carbonyl (C=O) groups is 1. The summed E-state index contributed by atoms with van der Waals surface area (Å²) >= 11 is 0. The predicted octanol–water partition coefficient (Wildman–Crippen LogP) is 2.44. The van der Waals surface area contributed by atoms with E-state index in [1.165, 1.54) is 13.3 Å². The number of benzene rings is 1. The Morgan fingerprint density at radius 2 is 2.00 bits per heavy atom. The van der Waals surface area contributed by atoms with Crippen LogP contribution in [-0.2, 0) is 9.53 Å². The summed E-state index contributed by atoms with van der Waals surface area (Å²) in [7, 11) is 1.44. The minimum atomic E-state index is -0.724. The summed E-state index contributed by atoms with van der Waals surface area (Å²) in [6, 6.07) is 10.6. The lowest BCUT2D eigenvalue weighted by Crippen LogP contribution is -2.19. The Morgan fingerprint density at radius 1 is 1.20 bits per heavy atom. The second-order valence-corrected chi connectivity index (χ2v) is 4.20. The first-order valence-electron chi connectivity index (χ1n) is 6.09. The second kappa shape index (κ2) is 5.08. The summed E-state index contributed by atoms with van der Waals surface area (Å²) < 4.78 is 6.69. The van der Waals surface area contributed by atoms with Crippen LogP contribution in [0.1, 0.15) is 11.7 Å². The maximum atomic E-state index is 12.3. The lowest BCUT2D eigenvalue weighted by molar-refractivity contribution is -0.120. The van der Waals surface area contributed by atoms with Gasteiger partial charge in [-0.05, 0) is 18.2 Å². The number of hydrogen-bond acceptors (Lipinski definition) is 5. The summed E-state index contributed by atoms with van der Waals surface area (Å²) in [5, 5.41) is 12.1. The first-order valence-corrected chi connectivity index (χ1v) is 6.09. The minimum absolute atomic E-state index is 0.200. The molecule has 3 rings (SSSR count). The highest BCUT2D eigenvalue weighted by atomic mass is 16.5. The number of ether oxygens (including phenoxy) is 1. The fourth-order valence-electron chi connectivity index (χ4n) is 2.06. The Balaban J connectivity index is 2.01. The van der Waals surface area contributed by atoms with Crippen LogP contribution in [0.25, 0.3) is 5.69 Å². The van der Waals surface area contributed by atoms with Gasteiger partial charge in [0.2, 0.25) is 5.78 Å². The molecule has 100 valence electrons. The van der Waals surface area contributed by atoms with Gasteiger partial charge in [0.15, 0.2) is 11.8 Å². The third-order valence-corrected chi connectivity index (χ3v) is 3.02. The van der Waals surface area contributed by atoms with E-state index < -0.39 is 6.04 Å². The molecule has 0 saturated carbocycles. The van der Waals surface area contributed by atoms with Crippen LogP contribution in [0.5, 0.6) is 0 Å². The van der Waals surface area contributed by atoms with Gasteiger partial charge in [0, 0.05) is 6.20 Å². The van der Waals surface area contributed by atoms with Crippen LogP contribution in [-0.4, -0.2) is 22.7 Å². The highest BCUT2D eigenvalue weighted by molar-refractivity contribution is 5.98. The third kappa shape index (κ3) is 2.01. The van der Waals surface area contributed by atoms with Crippen LogP contribution in [0.4, 0.5) is 0 Å². The first kappa shape index (κ1) is 12.3. The van der Waals surface area contributed by atoms with E-state index in [-0.39, 0.29) is 11.5 Å². The number of methoxy groups -OCH3 is 1. The number of azo groups is 1.